The molecule has 0 saturated heterocycles. The molecule has 1 fully saturated rings. The molecule has 4 heteroatoms. The van der Waals surface area contributed by atoms with Crippen LogP contribution in [0, 0.1) is 5.92 Å². The van der Waals surface area contributed by atoms with Gasteiger partial charge in [0.15, 0.2) is 0 Å². The van der Waals surface area contributed by atoms with Gasteiger partial charge in [0, 0.05) is 12.5 Å². The summed E-state index contributed by atoms with van der Waals surface area (Å²) in [5, 5.41) is 3.45. The van der Waals surface area contributed by atoms with Crippen molar-refractivity contribution in [3.63, 3.8) is 0 Å². The van der Waals surface area contributed by atoms with Crippen LogP contribution in [0.25, 0.3) is 0 Å². The molecule has 1 heterocycles. The molecule has 3 nitrogen and oxygen atoms in total. The van der Waals surface area contributed by atoms with Gasteiger partial charge in [0.2, 0.25) is 0 Å². The van der Waals surface area contributed by atoms with Crippen LogP contribution in [-0.4, -0.2) is 16.5 Å². The summed E-state index contributed by atoms with van der Waals surface area (Å²) in [5.74, 6) is 3.48. The molecule has 0 bridgehead atoms. The predicted molar refractivity (Wildman–Crippen MR) is 92.9 cm³/mol. The minimum Gasteiger partial charge on any atom is -0.369 e. The maximum absolute atomic E-state index is 4.88. The Morgan fingerprint density at radius 3 is 2.57 bits per heavy atom. The highest BCUT2D eigenvalue weighted by Gasteiger charge is 2.28. The highest BCUT2D eigenvalue weighted by Crippen LogP contribution is 2.39. The second-order valence-electron chi connectivity index (χ2n) is 6.15. The molecule has 0 aromatic carbocycles. The molecule has 1 aromatic rings. The van der Waals surface area contributed by atoms with E-state index >= 15 is 0 Å². The van der Waals surface area contributed by atoms with Gasteiger partial charge in [-0.2, -0.15) is 0 Å². The first-order valence-corrected chi connectivity index (χ1v) is 9.28. The highest BCUT2D eigenvalue weighted by atomic mass is 79.9. The largest absolute Gasteiger partial charge is 0.369 e. The molecule has 1 N–H and O–H groups in total. The van der Waals surface area contributed by atoms with Crippen molar-refractivity contribution in [2.24, 2.45) is 5.92 Å². The summed E-state index contributed by atoms with van der Waals surface area (Å²) in [5.41, 5.74) is 1.17. The Bertz CT molecular complexity index is 462. The third-order valence-electron chi connectivity index (χ3n) is 4.45. The van der Waals surface area contributed by atoms with E-state index in [-0.39, 0.29) is 0 Å². The van der Waals surface area contributed by atoms with E-state index in [0.29, 0.717) is 5.92 Å². The molecule has 2 unspecified atom stereocenters. The van der Waals surface area contributed by atoms with Crippen molar-refractivity contribution in [3.8, 4) is 0 Å². The molecule has 21 heavy (non-hydrogen) atoms. The number of nitrogens with zero attached hydrogens (tertiary/aromatic N) is 2. The number of rotatable bonds is 7. The Morgan fingerprint density at radius 1 is 1.14 bits per heavy atom. The SMILES string of the molecule is CCCNc1nc(C2CCC(CC)C2)nc(CCC)c1Br. The molecule has 1 aliphatic carbocycles. The van der Waals surface area contributed by atoms with Crippen molar-refractivity contribution in [2.75, 3.05) is 11.9 Å². The van der Waals surface area contributed by atoms with Gasteiger partial charge in [0.1, 0.15) is 11.6 Å². The average molecular weight is 354 g/mol. The molecule has 1 aliphatic rings. The highest BCUT2D eigenvalue weighted by molar-refractivity contribution is 9.10. The Kier molecular flexibility index (Phi) is 6.46. The van der Waals surface area contributed by atoms with Gasteiger partial charge in [-0.15, -0.1) is 0 Å². The van der Waals surface area contributed by atoms with Crippen LogP contribution in [0.1, 0.15) is 76.7 Å². The third kappa shape index (κ3) is 4.18. The summed E-state index contributed by atoms with van der Waals surface area (Å²) >= 11 is 3.69. The quantitative estimate of drug-likeness (QED) is 0.721. The summed E-state index contributed by atoms with van der Waals surface area (Å²) < 4.78 is 1.06. The molecule has 118 valence electrons. The molecule has 0 radical (unpaired) electrons. The summed E-state index contributed by atoms with van der Waals surface area (Å²) in [4.78, 5) is 9.72. The summed E-state index contributed by atoms with van der Waals surface area (Å²) in [7, 11) is 0. The van der Waals surface area contributed by atoms with Gasteiger partial charge in [-0.3, -0.25) is 0 Å². The van der Waals surface area contributed by atoms with Gasteiger partial charge < -0.3 is 5.32 Å². The van der Waals surface area contributed by atoms with Crippen molar-refractivity contribution >= 4 is 21.7 Å². The van der Waals surface area contributed by atoms with Crippen LogP contribution in [0.3, 0.4) is 0 Å². The van der Waals surface area contributed by atoms with E-state index in [1.165, 1.54) is 31.4 Å². The molecule has 2 atom stereocenters. The lowest BCUT2D eigenvalue weighted by molar-refractivity contribution is 0.516. The predicted octanol–water partition coefficient (Wildman–Crippen LogP) is 5.31. The van der Waals surface area contributed by atoms with E-state index in [9.17, 15) is 0 Å². The minimum absolute atomic E-state index is 0.556. The lowest BCUT2D eigenvalue weighted by atomic mass is 10.0. The van der Waals surface area contributed by atoms with Crippen LogP contribution >= 0.6 is 15.9 Å². The smallest absolute Gasteiger partial charge is 0.144 e. The first-order valence-electron chi connectivity index (χ1n) is 8.49. The number of hydrogen-bond donors (Lipinski definition) is 1. The van der Waals surface area contributed by atoms with Crippen LogP contribution in [0.15, 0.2) is 4.47 Å². The van der Waals surface area contributed by atoms with Gasteiger partial charge in [0.25, 0.3) is 0 Å². The number of aromatic nitrogens is 2. The molecule has 1 aromatic heterocycles. The van der Waals surface area contributed by atoms with E-state index in [2.05, 4.69) is 42.0 Å². The van der Waals surface area contributed by atoms with Crippen LogP contribution < -0.4 is 5.32 Å². The molecule has 2 rings (SSSR count). The molecular weight excluding hydrogens is 326 g/mol. The average Bonchev–Trinajstić information content (AvgIpc) is 2.97. The summed E-state index contributed by atoms with van der Waals surface area (Å²) in [6.45, 7) is 7.64. The first kappa shape index (κ1) is 16.7. The fraction of sp³-hybridized carbons (Fsp3) is 0.765. The van der Waals surface area contributed by atoms with Gasteiger partial charge in [-0.05, 0) is 54.0 Å². The van der Waals surface area contributed by atoms with Crippen molar-refractivity contribution < 1.29 is 0 Å². The number of aryl methyl sites for hydroxylation is 1. The van der Waals surface area contributed by atoms with Crippen LogP contribution in [0.2, 0.25) is 0 Å². The zero-order valence-electron chi connectivity index (χ0n) is 13.6. The van der Waals surface area contributed by atoms with Crippen LogP contribution in [0.4, 0.5) is 5.82 Å². The Balaban J connectivity index is 2.25. The van der Waals surface area contributed by atoms with E-state index in [1.807, 2.05) is 0 Å². The monoisotopic (exact) mass is 353 g/mol. The standard InChI is InChI=1S/C17H28BrN3/c1-4-7-14-15(18)17(19-10-5-2)21-16(20-14)13-9-8-12(6-3)11-13/h12-13H,4-11H2,1-3H3,(H,19,20,21). The second-order valence-corrected chi connectivity index (χ2v) is 6.95. The van der Waals surface area contributed by atoms with E-state index < -0.39 is 0 Å². The molecule has 1 saturated carbocycles. The van der Waals surface area contributed by atoms with E-state index in [1.54, 1.807) is 0 Å². The third-order valence-corrected chi connectivity index (χ3v) is 5.28. The zero-order valence-corrected chi connectivity index (χ0v) is 15.2. The normalized spacial score (nSPS) is 21.7. The topological polar surface area (TPSA) is 37.8 Å². The number of anilines is 1. The van der Waals surface area contributed by atoms with E-state index in [4.69, 9.17) is 9.97 Å². The van der Waals surface area contributed by atoms with Gasteiger partial charge in [-0.25, -0.2) is 9.97 Å². The first-order chi connectivity index (χ1) is 10.2. The fourth-order valence-corrected chi connectivity index (χ4v) is 3.65. The summed E-state index contributed by atoms with van der Waals surface area (Å²) in [6, 6.07) is 0. The van der Waals surface area contributed by atoms with Crippen molar-refractivity contribution in [1.29, 1.82) is 0 Å². The maximum atomic E-state index is 4.88. The maximum Gasteiger partial charge on any atom is 0.144 e. The van der Waals surface area contributed by atoms with Crippen LogP contribution in [0.5, 0.6) is 0 Å². The van der Waals surface area contributed by atoms with Crippen molar-refractivity contribution in [3.05, 3.63) is 16.0 Å². The van der Waals surface area contributed by atoms with Crippen LogP contribution in [-0.2, 0) is 6.42 Å². The van der Waals surface area contributed by atoms with Crippen molar-refractivity contribution in [1.82, 2.24) is 9.97 Å². The number of nitrogens with one attached hydrogen (secondary N) is 1. The Labute approximate surface area is 137 Å². The zero-order chi connectivity index (χ0) is 15.2. The molecular formula is C17H28BrN3. The fourth-order valence-electron chi connectivity index (χ4n) is 3.14. The Morgan fingerprint density at radius 2 is 1.95 bits per heavy atom. The lowest BCUT2D eigenvalue weighted by Gasteiger charge is -2.15. The second kappa shape index (κ2) is 8.11. The molecule has 0 aliphatic heterocycles. The van der Waals surface area contributed by atoms with Gasteiger partial charge in [-0.1, -0.05) is 33.6 Å². The van der Waals surface area contributed by atoms with Gasteiger partial charge >= 0.3 is 0 Å². The lowest BCUT2D eigenvalue weighted by Crippen LogP contribution is -2.11. The molecule has 0 amide bonds. The van der Waals surface area contributed by atoms with Crippen molar-refractivity contribution in [2.45, 2.75) is 71.6 Å². The summed E-state index contributed by atoms with van der Waals surface area (Å²) in [6.07, 6.45) is 8.37. The minimum atomic E-state index is 0.556. The molecule has 0 spiro atoms. The number of halogens is 1. The Hall–Kier alpha value is -0.640. The van der Waals surface area contributed by atoms with E-state index in [0.717, 1.165) is 47.8 Å². The van der Waals surface area contributed by atoms with Gasteiger partial charge in [0.05, 0.1) is 10.2 Å². The number of hydrogen-bond acceptors (Lipinski definition) is 3.